The number of amides is 1. The zero-order valence-electron chi connectivity index (χ0n) is 7.42. The van der Waals surface area contributed by atoms with Gasteiger partial charge in [0.05, 0.1) is 0 Å². The number of rotatable bonds is 2. The van der Waals surface area contributed by atoms with Crippen molar-refractivity contribution in [2.24, 2.45) is 0 Å². The lowest BCUT2D eigenvalue weighted by Crippen LogP contribution is -2.23. The van der Waals surface area contributed by atoms with Gasteiger partial charge in [-0.15, -0.1) is 0 Å². The Hall–Kier alpha value is -1.32. The van der Waals surface area contributed by atoms with E-state index in [0.717, 1.165) is 0 Å². The molecule has 1 aliphatic carbocycles. The first kappa shape index (κ1) is 9.77. The lowest BCUT2D eigenvalue weighted by Gasteiger charge is -2.09. The Morgan fingerprint density at radius 2 is 2.62 bits per heavy atom. The van der Waals surface area contributed by atoms with E-state index in [1.165, 1.54) is 12.2 Å². The Morgan fingerprint density at radius 3 is 3.15 bits per heavy atom. The van der Waals surface area contributed by atoms with Gasteiger partial charge in [-0.25, -0.2) is 9.18 Å². The molecule has 0 bridgehead atoms. The standard InChI is InChI=1S/C9H12FNO2/c1-2-11-9(12)13-8-5-3-7(10)4-6-8/h3,5-7H,2,4H2,1H3,(H,11,12)/t7-/m1/s1. The zero-order chi connectivity index (χ0) is 9.68. The van der Waals surface area contributed by atoms with Crippen LogP contribution in [-0.4, -0.2) is 18.8 Å². The second-order valence-electron chi connectivity index (χ2n) is 2.64. The third kappa shape index (κ3) is 3.27. The van der Waals surface area contributed by atoms with E-state index in [2.05, 4.69) is 5.32 Å². The first-order valence-corrected chi connectivity index (χ1v) is 4.20. The highest BCUT2D eigenvalue weighted by atomic mass is 19.1. The highest BCUT2D eigenvalue weighted by Gasteiger charge is 2.09. The Labute approximate surface area is 76.3 Å². The number of halogens is 1. The normalized spacial score (nSPS) is 20.8. The molecule has 1 amide bonds. The minimum atomic E-state index is -0.957. The Balaban J connectivity index is 2.38. The molecule has 0 fully saturated rings. The molecule has 3 nitrogen and oxygen atoms in total. The van der Waals surface area contributed by atoms with Crippen molar-refractivity contribution in [3.63, 3.8) is 0 Å². The van der Waals surface area contributed by atoms with Gasteiger partial charge in [-0.3, -0.25) is 0 Å². The summed E-state index contributed by atoms with van der Waals surface area (Å²) in [6, 6.07) is 0. The van der Waals surface area contributed by atoms with Crippen LogP contribution in [0.25, 0.3) is 0 Å². The van der Waals surface area contributed by atoms with Gasteiger partial charge in [-0.1, -0.05) is 0 Å². The molecule has 0 aromatic heterocycles. The molecule has 0 unspecified atom stereocenters. The van der Waals surface area contributed by atoms with Crippen molar-refractivity contribution >= 4 is 6.09 Å². The van der Waals surface area contributed by atoms with Gasteiger partial charge in [0.1, 0.15) is 11.9 Å². The van der Waals surface area contributed by atoms with Crippen molar-refractivity contribution in [3.05, 3.63) is 24.0 Å². The molecule has 1 rings (SSSR count). The quantitative estimate of drug-likeness (QED) is 0.713. The molecule has 4 heteroatoms. The summed E-state index contributed by atoms with van der Waals surface area (Å²) in [6.45, 7) is 2.31. The molecule has 1 atom stereocenters. The van der Waals surface area contributed by atoms with E-state index in [9.17, 15) is 9.18 Å². The lowest BCUT2D eigenvalue weighted by molar-refractivity contribution is 0.178. The van der Waals surface area contributed by atoms with Crippen LogP contribution in [0.5, 0.6) is 0 Å². The van der Waals surface area contributed by atoms with Crippen LogP contribution >= 0.6 is 0 Å². The van der Waals surface area contributed by atoms with E-state index in [1.54, 1.807) is 13.0 Å². The third-order valence-electron chi connectivity index (χ3n) is 1.55. The molecule has 0 saturated heterocycles. The second kappa shape index (κ2) is 4.64. The zero-order valence-corrected chi connectivity index (χ0v) is 7.42. The van der Waals surface area contributed by atoms with Crippen LogP contribution in [0.2, 0.25) is 0 Å². The third-order valence-corrected chi connectivity index (χ3v) is 1.55. The minimum Gasteiger partial charge on any atom is -0.411 e. The Morgan fingerprint density at radius 1 is 1.85 bits per heavy atom. The SMILES string of the molecule is CCNC(=O)OC1=CC[C@H](F)C=C1. The molecule has 0 radical (unpaired) electrons. The smallest absolute Gasteiger partial charge is 0.411 e. The van der Waals surface area contributed by atoms with Crippen LogP contribution in [0.4, 0.5) is 9.18 Å². The average molecular weight is 185 g/mol. The predicted octanol–water partition coefficient (Wildman–Crippen LogP) is 1.91. The summed E-state index contributed by atoms with van der Waals surface area (Å²) in [5.74, 6) is 0.403. The Kier molecular flexibility index (Phi) is 3.49. The van der Waals surface area contributed by atoms with E-state index < -0.39 is 12.3 Å². The summed E-state index contributed by atoms with van der Waals surface area (Å²) in [7, 11) is 0. The van der Waals surface area contributed by atoms with Gasteiger partial charge in [0.2, 0.25) is 0 Å². The highest BCUT2D eigenvalue weighted by molar-refractivity contribution is 5.68. The minimum absolute atomic E-state index is 0.269. The maximum Gasteiger partial charge on any atom is 0.412 e. The average Bonchev–Trinajstić information content (AvgIpc) is 2.09. The molecule has 0 aromatic carbocycles. The number of alkyl carbamates (subject to hydrolysis) is 1. The first-order valence-electron chi connectivity index (χ1n) is 4.20. The van der Waals surface area contributed by atoms with E-state index in [4.69, 9.17) is 4.74 Å². The van der Waals surface area contributed by atoms with Gasteiger partial charge in [-0.05, 0) is 25.2 Å². The number of nitrogens with one attached hydrogen (secondary N) is 1. The molecule has 1 N–H and O–H groups in total. The van der Waals surface area contributed by atoms with Gasteiger partial charge in [0.15, 0.2) is 0 Å². The van der Waals surface area contributed by atoms with Gasteiger partial charge in [0, 0.05) is 13.0 Å². The van der Waals surface area contributed by atoms with Crippen LogP contribution in [0.3, 0.4) is 0 Å². The summed E-state index contributed by atoms with van der Waals surface area (Å²) in [6.07, 6.45) is 3.20. The largest absolute Gasteiger partial charge is 0.412 e. The van der Waals surface area contributed by atoms with Crippen LogP contribution in [0, 0.1) is 0 Å². The van der Waals surface area contributed by atoms with Crippen LogP contribution in [0.1, 0.15) is 13.3 Å². The molecule has 0 saturated carbocycles. The monoisotopic (exact) mass is 185 g/mol. The van der Waals surface area contributed by atoms with E-state index in [-0.39, 0.29) is 6.42 Å². The highest BCUT2D eigenvalue weighted by Crippen LogP contribution is 2.13. The molecule has 0 heterocycles. The van der Waals surface area contributed by atoms with Crippen LogP contribution in [0.15, 0.2) is 24.0 Å². The van der Waals surface area contributed by atoms with Crippen molar-refractivity contribution in [3.8, 4) is 0 Å². The van der Waals surface area contributed by atoms with Crippen LogP contribution < -0.4 is 5.32 Å². The number of hydrogen-bond acceptors (Lipinski definition) is 2. The van der Waals surface area contributed by atoms with Crippen molar-refractivity contribution in [2.45, 2.75) is 19.5 Å². The molecule has 1 aliphatic rings. The topological polar surface area (TPSA) is 38.3 Å². The van der Waals surface area contributed by atoms with E-state index in [0.29, 0.717) is 12.3 Å². The van der Waals surface area contributed by atoms with Crippen molar-refractivity contribution in [2.75, 3.05) is 6.54 Å². The summed E-state index contributed by atoms with van der Waals surface area (Å²) in [5, 5.41) is 2.47. The summed E-state index contributed by atoms with van der Waals surface area (Å²) < 4.78 is 17.4. The number of alkyl halides is 1. The van der Waals surface area contributed by atoms with Crippen molar-refractivity contribution in [1.82, 2.24) is 5.32 Å². The van der Waals surface area contributed by atoms with Gasteiger partial charge >= 0.3 is 6.09 Å². The molecule has 13 heavy (non-hydrogen) atoms. The summed E-state index contributed by atoms with van der Waals surface area (Å²) >= 11 is 0. The second-order valence-corrected chi connectivity index (χ2v) is 2.64. The number of carbonyl (C=O) groups excluding carboxylic acids is 1. The van der Waals surface area contributed by atoms with Gasteiger partial charge in [-0.2, -0.15) is 0 Å². The van der Waals surface area contributed by atoms with E-state index in [1.807, 2.05) is 0 Å². The van der Waals surface area contributed by atoms with E-state index >= 15 is 0 Å². The maximum atomic E-state index is 12.6. The number of ether oxygens (including phenoxy) is 1. The van der Waals surface area contributed by atoms with Crippen LogP contribution in [-0.2, 0) is 4.74 Å². The molecule has 0 spiro atoms. The molecule has 0 aromatic rings. The Bertz CT molecular complexity index is 248. The van der Waals surface area contributed by atoms with Gasteiger partial charge in [0.25, 0.3) is 0 Å². The fourth-order valence-electron chi connectivity index (χ4n) is 0.938. The molecular weight excluding hydrogens is 173 g/mol. The fourth-order valence-corrected chi connectivity index (χ4v) is 0.938. The predicted molar refractivity (Wildman–Crippen MR) is 46.9 cm³/mol. The molecular formula is C9H12FNO2. The first-order chi connectivity index (χ1) is 6.22. The van der Waals surface area contributed by atoms with Crippen molar-refractivity contribution < 1.29 is 13.9 Å². The van der Waals surface area contributed by atoms with Gasteiger partial charge < -0.3 is 10.1 Å². The molecule has 0 aliphatic heterocycles. The van der Waals surface area contributed by atoms with Crippen molar-refractivity contribution in [1.29, 1.82) is 0 Å². The summed E-state index contributed by atoms with van der Waals surface area (Å²) in [4.78, 5) is 10.9. The fraction of sp³-hybridized carbons (Fsp3) is 0.444. The lowest BCUT2D eigenvalue weighted by atomic mass is 10.1. The maximum absolute atomic E-state index is 12.6. The number of allylic oxidation sites excluding steroid dienone is 3. The number of carbonyl (C=O) groups is 1. The molecule has 72 valence electrons. The summed E-state index contributed by atoms with van der Waals surface area (Å²) in [5.41, 5.74) is 0. The number of hydrogen-bond donors (Lipinski definition) is 1.